The van der Waals surface area contributed by atoms with E-state index in [9.17, 15) is 4.79 Å². The largest absolute Gasteiger partial charge is 0.489 e. The van der Waals surface area contributed by atoms with Gasteiger partial charge in [-0.2, -0.15) is 0 Å². The fourth-order valence-corrected chi connectivity index (χ4v) is 2.25. The Morgan fingerprint density at radius 1 is 1.23 bits per heavy atom. The number of hydrogen-bond acceptors (Lipinski definition) is 3. The second-order valence-electron chi connectivity index (χ2n) is 4.33. The van der Waals surface area contributed by atoms with Gasteiger partial charge in [-0.3, -0.25) is 4.79 Å². The van der Waals surface area contributed by atoms with Gasteiger partial charge in [0, 0.05) is 25.9 Å². The number of para-hydroxylation sites is 1. The van der Waals surface area contributed by atoms with E-state index < -0.39 is 0 Å². The molecule has 0 bridgehead atoms. The van der Waals surface area contributed by atoms with Crippen LogP contribution in [-0.4, -0.2) is 36.5 Å². The van der Waals surface area contributed by atoms with Crippen molar-refractivity contribution in [3.8, 4) is 5.75 Å². The average molecular weight is 329 g/mol. The topological polar surface area (TPSA) is 55.6 Å². The molecular formula is C17H29ClN2O2. The highest BCUT2D eigenvalue weighted by atomic mass is 35.5. The number of halogens is 1. The third-order valence-corrected chi connectivity index (χ3v) is 3.41. The third-order valence-electron chi connectivity index (χ3n) is 3.10. The van der Waals surface area contributed by atoms with Gasteiger partial charge in [-0.15, -0.1) is 0 Å². The first-order valence-corrected chi connectivity index (χ1v) is 8.47. The summed E-state index contributed by atoms with van der Waals surface area (Å²) in [5.41, 5.74) is 5.34. The lowest BCUT2D eigenvalue weighted by Crippen LogP contribution is -2.44. The molecule has 126 valence electrons. The van der Waals surface area contributed by atoms with Gasteiger partial charge in [-0.25, -0.2) is 0 Å². The number of benzene rings is 1. The van der Waals surface area contributed by atoms with Crippen LogP contribution in [0.3, 0.4) is 0 Å². The Hall–Kier alpha value is -1.26. The molecule has 2 N–H and O–H groups in total. The molecule has 0 radical (unpaired) electrons. The maximum Gasteiger partial charge on any atom is 0.236 e. The summed E-state index contributed by atoms with van der Waals surface area (Å²) in [5.74, 6) is 0.717. The lowest BCUT2D eigenvalue weighted by molar-refractivity contribution is -0.131. The van der Waals surface area contributed by atoms with E-state index in [1.165, 1.54) is 0 Å². The average Bonchev–Trinajstić information content (AvgIpc) is 2.60. The summed E-state index contributed by atoms with van der Waals surface area (Å²) in [6.45, 7) is 9.48. The number of nitrogens with two attached hydrogens (primary N) is 1. The van der Waals surface area contributed by atoms with E-state index in [-0.39, 0.29) is 18.6 Å². The van der Waals surface area contributed by atoms with Crippen molar-refractivity contribution < 1.29 is 9.53 Å². The van der Waals surface area contributed by atoms with Crippen molar-refractivity contribution in [3.05, 3.63) is 29.3 Å². The van der Waals surface area contributed by atoms with Crippen LogP contribution in [0.1, 0.15) is 40.5 Å². The van der Waals surface area contributed by atoms with Gasteiger partial charge in [-0.05, 0) is 12.1 Å². The normalized spacial score (nSPS) is 14.2. The Kier molecular flexibility index (Phi) is 11.6. The molecule has 4 nitrogen and oxygen atoms in total. The minimum absolute atomic E-state index is 0.00573. The maximum atomic E-state index is 11.4. The number of carbonyl (C=O) groups excluding carboxylic acids is 1. The summed E-state index contributed by atoms with van der Waals surface area (Å²) in [6.07, 6.45) is 1.75. The second kappa shape index (κ2) is 12.3. The van der Waals surface area contributed by atoms with E-state index >= 15 is 0 Å². The first kappa shape index (κ1) is 20.7. The standard InChI is InChI=1S/C13H17ClN2O2.2C2H6/c14-11-3-1-2-4-12(11)18-10-5-7-16(8-6-10)13(17)9-15;2*1-2/h1-4,10H,5-9,15H2;2*1-2H3. The fourth-order valence-electron chi connectivity index (χ4n) is 2.07. The fraction of sp³-hybridized carbons (Fsp3) is 0.588. The quantitative estimate of drug-likeness (QED) is 0.920. The van der Waals surface area contributed by atoms with E-state index in [1.807, 2.05) is 52.0 Å². The number of hydrogen-bond donors (Lipinski definition) is 1. The Balaban J connectivity index is 0.00000102. The van der Waals surface area contributed by atoms with Gasteiger partial charge in [-0.1, -0.05) is 51.4 Å². The molecule has 0 aromatic heterocycles. The zero-order chi connectivity index (χ0) is 17.0. The molecule has 1 aromatic rings. The number of ether oxygens (including phenoxy) is 1. The molecule has 1 saturated heterocycles. The Morgan fingerprint density at radius 3 is 2.27 bits per heavy atom. The summed E-state index contributed by atoms with van der Waals surface area (Å²) < 4.78 is 5.85. The van der Waals surface area contributed by atoms with Gasteiger partial charge in [0.05, 0.1) is 11.6 Å². The molecule has 1 fully saturated rings. The van der Waals surface area contributed by atoms with Crippen molar-refractivity contribution in [1.29, 1.82) is 0 Å². The lowest BCUT2D eigenvalue weighted by Gasteiger charge is -2.32. The number of nitrogens with zero attached hydrogens (tertiary/aromatic N) is 1. The van der Waals surface area contributed by atoms with Crippen molar-refractivity contribution in [1.82, 2.24) is 4.90 Å². The summed E-state index contributed by atoms with van der Waals surface area (Å²) in [7, 11) is 0. The first-order valence-electron chi connectivity index (χ1n) is 8.09. The van der Waals surface area contributed by atoms with Gasteiger partial charge >= 0.3 is 0 Å². The summed E-state index contributed by atoms with van der Waals surface area (Å²) in [4.78, 5) is 13.2. The van der Waals surface area contributed by atoms with Crippen LogP contribution in [-0.2, 0) is 4.79 Å². The Labute approximate surface area is 139 Å². The van der Waals surface area contributed by atoms with Crippen molar-refractivity contribution >= 4 is 17.5 Å². The van der Waals surface area contributed by atoms with Crippen molar-refractivity contribution in [3.63, 3.8) is 0 Å². The number of piperidine rings is 1. The zero-order valence-corrected chi connectivity index (χ0v) is 14.9. The van der Waals surface area contributed by atoms with Gasteiger partial charge in [0.2, 0.25) is 5.91 Å². The molecule has 0 unspecified atom stereocenters. The van der Waals surface area contributed by atoms with Crippen molar-refractivity contribution in [2.75, 3.05) is 19.6 Å². The summed E-state index contributed by atoms with van der Waals surface area (Å²) in [5, 5.41) is 0.623. The molecule has 1 aliphatic heterocycles. The molecule has 22 heavy (non-hydrogen) atoms. The molecule has 0 saturated carbocycles. The summed E-state index contributed by atoms with van der Waals surface area (Å²) >= 11 is 6.04. The molecule has 1 aromatic carbocycles. The van der Waals surface area contributed by atoms with E-state index in [2.05, 4.69) is 0 Å². The van der Waals surface area contributed by atoms with E-state index in [4.69, 9.17) is 22.1 Å². The van der Waals surface area contributed by atoms with Gasteiger partial charge in [0.15, 0.2) is 0 Å². The number of rotatable bonds is 3. The molecule has 2 rings (SSSR count). The predicted octanol–water partition coefficient (Wildman–Crippen LogP) is 3.72. The second-order valence-corrected chi connectivity index (χ2v) is 4.74. The minimum atomic E-state index is 0.00573. The molecule has 0 atom stereocenters. The molecule has 0 spiro atoms. The van der Waals surface area contributed by atoms with Crippen molar-refractivity contribution in [2.45, 2.75) is 46.6 Å². The highest BCUT2D eigenvalue weighted by molar-refractivity contribution is 6.32. The van der Waals surface area contributed by atoms with Crippen LogP contribution >= 0.6 is 11.6 Å². The van der Waals surface area contributed by atoms with Gasteiger partial charge in [0.25, 0.3) is 0 Å². The maximum absolute atomic E-state index is 11.4. The number of amides is 1. The van der Waals surface area contributed by atoms with Crippen LogP contribution < -0.4 is 10.5 Å². The third kappa shape index (κ3) is 6.67. The first-order chi connectivity index (χ1) is 10.7. The predicted molar refractivity (Wildman–Crippen MR) is 93.4 cm³/mol. The molecule has 5 heteroatoms. The highest BCUT2D eigenvalue weighted by Gasteiger charge is 2.23. The summed E-state index contributed by atoms with van der Waals surface area (Å²) in [6, 6.07) is 7.44. The van der Waals surface area contributed by atoms with Gasteiger partial charge < -0.3 is 15.4 Å². The lowest BCUT2D eigenvalue weighted by atomic mass is 10.1. The molecule has 0 aliphatic carbocycles. The minimum Gasteiger partial charge on any atom is -0.489 e. The van der Waals surface area contributed by atoms with E-state index in [1.54, 1.807) is 4.90 Å². The highest BCUT2D eigenvalue weighted by Crippen LogP contribution is 2.26. The number of carbonyl (C=O) groups is 1. The molecular weight excluding hydrogens is 300 g/mol. The SMILES string of the molecule is CC.CC.NCC(=O)N1CCC(Oc2ccccc2Cl)CC1. The van der Waals surface area contributed by atoms with Crippen LogP contribution in [0.2, 0.25) is 5.02 Å². The smallest absolute Gasteiger partial charge is 0.236 e. The van der Waals surface area contributed by atoms with Crippen LogP contribution in [0.4, 0.5) is 0 Å². The molecule has 1 amide bonds. The Morgan fingerprint density at radius 2 is 1.77 bits per heavy atom. The van der Waals surface area contributed by atoms with E-state index in [0.29, 0.717) is 23.9 Å². The zero-order valence-electron chi connectivity index (χ0n) is 14.1. The van der Waals surface area contributed by atoms with Gasteiger partial charge in [0.1, 0.15) is 11.9 Å². The molecule has 1 heterocycles. The van der Waals surface area contributed by atoms with Crippen LogP contribution in [0.15, 0.2) is 24.3 Å². The van der Waals surface area contributed by atoms with Crippen LogP contribution in [0, 0.1) is 0 Å². The molecule has 1 aliphatic rings. The van der Waals surface area contributed by atoms with Crippen LogP contribution in [0.25, 0.3) is 0 Å². The van der Waals surface area contributed by atoms with Crippen LogP contribution in [0.5, 0.6) is 5.75 Å². The number of likely N-dealkylation sites (tertiary alicyclic amines) is 1. The van der Waals surface area contributed by atoms with Crippen molar-refractivity contribution in [2.24, 2.45) is 5.73 Å². The van der Waals surface area contributed by atoms with E-state index in [0.717, 1.165) is 12.8 Å². The Bertz CT molecular complexity index is 419. The monoisotopic (exact) mass is 328 g/mol.